The van der Waals surface area contributed by atoms with Crippen LogP contribution in [0.25, 0.3) is 0 Å². The second-order valence-corrected chi connectivity index (χ2v) is 5.13. The van der Waals surface area contributed by atoms with Crippen LogP contribution in [0, 0.1) is 12.7 Å². The Morgan fingerprint density at radius 3 is 2.50 bits per heavy atom. The zero-order chi connectivity index (χ0) is 14.7. The van der Waals surface area contributed by atoms with E-state index in [1.165, 1.54) is 24.3 Å². The van der Waals surface area contributed by atoms with E-state index >= 15 is 0 Å². The Morgan fingerprint density at radius 2 is 1.85 bits per heavy atom. The van der Waals surface area contributed by atoms with Crippen molar-refractivity contribution in [3.63, 3.8) is 0 Å². The minimum Gasteiger partial charge on any atom is -0.398 e. The SMILES string of the molecule is Cc1cc(Br)c(NC(=O)Nc2ccc(F)cc2)cc1N. The molecule has 0 bridgehead atoms. The van der Waals surface area contributed by atoms with E-state index in [9.17, 15) is 9.18 Å². The number of nitrogens with one attached hydrogen (secondary N) is 2. The zero-order valence-electron chi connectivity index (χ0n) is 10.7. The standard InChI is InChI=1S/C14H13BrFN3O/c1-8-6-11(15)13(7-12(8)17)19-14(20)18-10-4-2-9(16)3-5-10/h2-7H,17H2,1H3,(H2,18,19,20). The normalized spacial score (nSPS) is 10.2. The van der Waals surface area contributed by atoms with Crippen LogP contribution in [-0.2, 0) is 0 Å². The molecule has 2 rings (SSSR count). The van der Waals surface area contributed by atoms with Crippen LogP contribution in [0.4, 0.5) is 26.2 Å². The van der Waals surface area contributed by atoms with Crippen molar-refractivity contribution in [1.82, 2.24) is 0 Å². The number of amides is 2. The summed E-state index contributed by atoms with van der Waals surface area (Å²) in [7, 11) is 0. The molecule has 4 nitrogen and oxygen atoms in total. The van der Waals surface area contributed by atoms with Gasteiger partial charge in [-0.3, -0.25) is 0 Å². The maximum absolute atomic E-state index is 12.8. The second-order valence-electron chi connectivity index (χ2n) is 4.27. The molecule has 2 aromatic rings. The monoisotopic (exact) mass is 337 g/mol. The molecule has 20 heavy (non-hydrogen) atoms. The number of hydrogen-bond donors (Lipinski definition) is 3. The van der Waals surface area contributed by atoms with E-state index in [2.05, 4.69) is 26.6 Å². The predicted molar refractivity (Wildman–Crippen MR) is 82.3 cm³/mol. The topological polar surface area (TPSA) is 67.2 Å². The Balaban J connectivity index is 2.08. The molecule has 0 aliphatic heterocycles. The smallest absolute Gasteiger partial charge is 0.323 e. The molecule has 0 saturated carbocycles. The number of benzene rings is 2. The van der Waals surface area contributed by atoms with Gasteiger partial charge in [-0.2, -0.15) is 0 Å². The maximum Gasteiger partial charge on any atom is 0.323 e. The molecule has 0 heterocycles. The molecule has 0 radical (unpaired) electrons. The van der Waals surface area contributed by atoms with E-state index in [0.717, 1.165) is 10.0 Å². The quantitative estimate of drug-likeness (QED) is 0.721. The molecule has 104 valence electrons. The molecule has 0 aliphatic rings. The molecule has 2 aromatic carbocycles. The van der Waals surface area contributed by atoms with Crippen LogP contribution < -0.4 is 16.4 Å². The highest BCUT2D eigenvalue weighted by Crippen LogP contribution is 2.27. The molecule has 6 heteroatoms. The third kappa shape index (κ3) is 3.48. The molecule has 0 aliphatic carbocycles. The molecular formula is C14H13BrFN3O. The van der Waals surface area contributed by atoms with Crippen LogP contribution in [0.1, 0.15) is 5.56 Å². The van der Waals surface area contributed by atoms with E-state index < -0.39 is 6.03 Å². The lowest BCUT2D eigenvalue weighted by Gasteiger charge is -2.11. The number of nitrogen functional groups attached to an aromatic ring is 1. The van der Waals surface area contributed by atoms with Gasteiger partial charge < -0.3 is 16.4 Å². The molecule has 0 aromatic heterocycles. The first-order valence-corrected chi connectivity index (χ1v) is 6.64. The van der Waals surface area contributed by atoms with Crippen molar-refractivity contribution in [3.8, 4) is 0 Å². The van der Waals surface area contributed by atoms with E-state index in [0.29, 0.717) is 17.1 Å². The van der Waals surface area contributed by atoms with Gasteiger partial charge in [0.25, 0.3) is 0 Å². The number of carbonyl (C=O) groups excluding carboxylic acids is 1. The first-order chi connectivity index (χ1) is 9.45. The fraction of sp³-hybridized carbons (Fsp3) is 0.0714. The first kappa shape index (κ1) is 14.3. The molecular weight excluding hydrogens is 325 g/mol. The van der Waals surface area contributed by atoms with Crippen molar-refractivity contribution in [2.45, 2.75) is 6.92 Å². The molecule has 4 N–H and O–H groups in total. The van der Waals surface area contributed by atoms with Gasteiger partial charge >= 0.3 is 6.03 Å². The van der Waals surface area contributed by atoms with Crippen LogP contribution in [-0.4, -0.2) is 6.03 Å². The van der Waals surface area contributed by atoms with E-state index in [-0.39, 0.29) is 5.82 Å². The third-order valence-corrected chi connectivity index (χ3v) is 3.36. The molecule has 0 saturated heterocycles. The number of halogens is 2. The fourth-order valence-electron chi connectivity index (χ4n) is 1.60. The summed E-state index contributed by atoms with van der Waals surface area (Å²) >= 11 is 3.36. The maximum atomic E-state index is 12.8. The lowest BCUT2D eigenvalue weighted by atomic mass is 10.2. The molecule has 0 spiro atoms. The van der Waals surface area contributed by atoms with Crippen molar-refractivity contribution in [2.24, 2.45) is 0 Å². The molecule has 0 unspecified atom stereocenters. The summed E-state index contributed by atoms with van der Waals surface area (Å²) in [6.45, 7) is 1.88. The highest BCUT2D eigenvalue weighted by atomic mass is 79.9. The lowest BCUT2D eigenvalue weighted by molar-refractivity contribution is 0.262. The van der Waals surface area contributed by atoms with Crippen molar-refractivity contribution in [1.29, 1.82) is 0 Å². The highest BCUT2D eigenvalue weighted by molar-refractivity contribution is 9.10. The average Bonchev–Trinajstić information content (AvgIpc) is 2.39. The number of aryl methyl sites for hydroxylation is 1. The number of carbonyl (C=O) groups is 1. The van der Waals surface area contributed by atoms with E-state index in [4.69, 9.17) is 5.73 Å². The molecule has 2 amide bonds. The Bertz CT molecular complexity index is 644. The Labute approximate surface area is 124 Å². The van der Waals surface area contributed by atoms with Crippen molar-refractivity contribution < 1.29 is 9.18 Å². The van der Waals surface area contributed by atoms with E-state index in [1.54, 1.807) is 6.07 Å². The van der Waals surface area contributed by atoms with Crippen LogP contribution >= 0.6 is 15.9 Å². The number of nitrogens with two attached hydrogens (primary N) is 1. The van der Waals surface area contributed by atoms with Crippen LogP contribution in [0.3, 0.4) is 0 Å². The Morgan fingerprint density at radius 1 is 1.20 bits per heavy atom. The minimum atomic E-state index is -0.430. The summed E-state index contributed by atoms with van der Waals surface area (Å²) in [6, 6.07) is 8.57. The number of urea groups is 1. The highest BCUT2D eigenvalue weighted by Gasteiger charge is 2.08. The molecule has 0 fully saturated rings. The van der Waals surface area contributed by atoms with Gasteiger partial charge in [-0.25, -0.2) is 9.18 Å². The predicted octanol–water partition coefficient (Wildman–Crippen LogP) is 4.12. The Kier molecular flexibility index (Phi) is 4.24. The van der Waals surface area contributed by atoms with Crippen LogP contribution in [0.5, 0.6) is 0 Å². The third-order valence-electron chi connectivity index (χ3n) is 2.71. The summed E-state index contributed by atoms with van der Waals surface area (Å²) in [5, 5.41) is 5.27. The largest absolute Gasteiger partial charge is 0.398 e. The number of rotatable bonds is 2. The average molecular weight is 338 g/mol. The van der Waals surface area contributed by atoms with Gasteiger partial charge in [0.05, 0.1) is 5.69 Å². The second kappa shape index (κ2) is 5.92. The summed E-state index contributed by atoms with van der Waals surface area (Å²) in [4.78, 5) is 11.8. The van der Waals surface area contributed by atoms with Crippen LogP contribution in [0.2, 0.25) is 0 Å². The first-order valence-electron chi connectivity index (χ1n) is 5.85. The van der Waals surface area contributed by atoms with Crippen molar-refractivity contribution in [2.75, 3.05) is 16.4 Å². The zero-order valence-corrected chi connectivity index (χ0v) is 12.3. The fourth-order valence-corrected chi connectivity index (χ4v) is 2.16. The van der Waals surface area contributed by atoms with Crippen molar-refractivity contribution in [3.05, 3.63) is 52.3 Å². The summed E-state index contributed by atoms with van der Waals surface area (Å²) in [6.07, 6.45) is 0. The van der Waals surface area contributed by atoms with Gasteiger partial charge in [-0.1, -0.05) is 0 Å². The van der Waals surface area contributed by atoms with Crippen molar-refractivity contribution >= 4 is 39.0 Å². The Hall–Kier alpha value is -2.08. The summed E-state index contributed by atoms with van der Waals surface area (Å²) < 4.78 is 13.5. The van der Waals surface area contributed by atoms with Gasteiger partial charge in [0.1, 0.15) is 5.82 Å². The van der Waals surface area contributed by atoms with Crippen LogP contribution in [0.15, 0.2) is 40.9 Å². The lowest BCUT2D eigenvalue weighted by Crippen LogP contribution is -2.19. The van der Waals surface area contributed by atoms with Gasteiger partial charge in [-0.05, 0) is 64.8 Å². The minimum absolute atomic E-state index is 0.356. The van der Waals surface area contributed by atoms with E-state index in [1.807, 2.05) is 13.0 Å². The number of anilines is 3. The molecule has 0 atom stereocenters. The van der Waals surface area contributed by atoms with Gasteiger partial charge in [0.15, 0.2) is 0 Å². The van der Waals surface area contributed by atoms with Gasteiger partial charge in [0.2, 0.25) is 0 Å². The van der Waals surface area contributed by atoms with Gasteiger partial charge in [0, 0.05) is 15.8 Å². The summed E-state index contributed by atoms with van der Waals surface area (Å²) in [5.74, 6) is -0.356. The summed E-state index contributed by atoms with van der Waals surface area (Å²) in [5.41, 5.74) is 8.37. The number of hydrogen-bond acceptors (Lipinski definition) is 2. The van der Waals surface area contributed by atoms with Gasteiger partial charge in [-0.15, -0.1) is 0 Å².